The zero-order valence-electron chi connectivity index (χ0n) is 11.4. The summed E-state index contributed by atoms with van der Waals surface area (Å²) in [6, 6.07) is 5.88. The van der Waals surface area contributed by atoms with Crippen molar-refractivity contribution in [3.05, 3.63) is 29.3 Å². The number of rotatable bonds is 4. The minimum Gasteiger partial charge on any atom is -0.462 e. The highest BCUT2D eigenvalue weighted by molar-refractivity contribution is 7.93. The summed E-state index contributed by atoms with van der Waals surface area (Å²) in [6.45, 7) is 3.42. The van der Waals surface area contributed by atoms with Gasteiger partial charge in [0.15, 0.2) is 14.6 Å². The molecule has 1 saturated carbocycles. The van der Waals surface area contributed by atoms with Crippen LogP contribution in [-0.4, -0.2) is 25.2 Å². The van der Waals surface area contributed by atoms with Crippen molar-refractivity contribution in [3.63, 3.8) is 0 Å². The van der Waals surface area contributed by atoms with Crippen molar-refractivity contribution in [1.29, 1.82) is 0 Å². The topological polar surface area (TPSA) is 60.4 Å². The molecule has 20 heavy (non-hydrogen) atoms. The minimum absolute atomic E-state index is 0.113. The Morgan fingerprint density at radius 3 is 2.20 bits per heavy atom. The van der Waals surface area contributed by atoms with E-state index in [4.69, 9.17) is 16.3 Å². The van der Waals surface area contributed by atoms with E-state index in [2.05, 4.69) is 0 Å². The highest BCUT2D eigenvalue weighted by atomic mass is 35.5. The van der Waals surface area contributed by atoms with Crippen LogP contribution < -0.4 is 0 Å². The Balaban J connectivity index is 2.40. The van der Waals surface area contributed by atoms with E-state index in [1.807, 2.05) is 0 Å². The van der Waals surface area contributed by atoms with Crippen LogP contribution >= 0.6 is 11.6 Å². The van der Waals surface area contributed by atoms with E-state index in [0.717, 1.165) is 0 Å². The molecule has 0 aromatic heterocycles. The van der Waals surface area contributed by atoms with Gasteiger partial charge in [-0.3, -0.25) is 4.79 Å². The number of hydrogen-bond acceptors (Lipinski definition) is 4. The van der Waals surface area contributed by atoms with Gasteiger partial charge in [-0.1, -0.05) is 11.6 Å². The molecule has 1 aliphatic carbocycles. The van der Waals surface area contributed by atoms with Gasteiger partial charge < -0.3 is 4.74 Å². The molecule has 1 aliphatic rings. The Hall–Kier alpha value is -1.07. The predicted molar refractivity (Wildman–Crippen MR) is 76.4 cm³/mol. The van der Waals surface area contributed by atoms with E-state index < -0.39 is 20.6 Å². The monoisotopic (exact) mass is 316 g/mol. The van der Waals surface area contributed by atoms with Gasteiger partial charge in [0.05, 0.1) is 11.0 Å². The minimum atomic E-state index is -3.76. The molecule has 0 radical (unpaired) electrons. The largest absolute Gasteiger partial charge is 0.462 e. The molecule has 0 saturated heterocycles. The average molecular weight is 317 g/mol. The zero-order chi connectivity index (χ0) is 15.0. The number of sulfone groups is 1. The van der Waals surface area contributed by atoms with E-state index in [-0.39, 0.29) is 11.0 Å². The summed E-state index contributed by atoms with van der Waals surface area (Å²) in [4.78, 5) is 12.3. The van der Waals surface area contributed by atoms with Crippen molar-refractivity contribution in [2.75, 3.05) is 0 Å². The first-order chi connectivity index (χ1) is 9.29. The molecule has 0 amide bonds. The second-order valence-electron chi connectivity index (χ2n) is 5.26. The molecule has 0 bridgehead atoms. The zero-order valence-corrected chi connectivity index (χ0v) is 13.0. The normalized spacial score (nSPS) is 17.6. The van der Waals surface area contributed by atoms with Gasteiger partial charge in [-0.15, -0.1) is 0 Å². The van der Waals surface area contributed by atoms with E-state index in [9.17, 15) is 13.2 Å². The maximum absolute atomic E-state index is 12.7. The fourth-order valence-electron chi connectivity index (χ4n) is 2.24. The lowest BCUT2D eigenvalue weighted by molar-refractivity contribution is -0.153. The third kappa shape index (κ3) is 2.44. The standard InChI is InChI=1S/C14H17ClO4S/c1-10(2)19-13(16)14(8-3-9-14)20(17,18)12-6-4-11(15)5-7-12/h4-7,10H,3,8-9H2,1-2H3. The van der Waals surface area contributed by atoms with Crippen LogP contribution in [0, 0.1) is 0 Å². The van der Waals surface area contributed by atoms with Gasteiger partial charge in [-0.25, -0.2) is 8.42 Å². The van der Waals surface area contributed by atoms with Crippen LogP contribution in [0.2, 0.25) is 5.02 Å². The fourth-order valence-corrected chi connectivity index (χ4v) is 4.41. The number of benzene rings is 1. The van der Waals surface area contributed by atoms with E-state index in [1.165, 1.54) is 24.3 Å². The number of hydrogen-bond donors (Lipinski definition) is 0. The summed E-state index contributed by atoms with van der Waals surface area (Å²) in [7, 11) is -3.76. The number of esters is 1. The number of ether oxygens (including phenoxy) is 1. The van der Waals surface area contributed by atoms with Gasteiger partial charge in [-0.05, 0) is 57.4 Å². The van der Waals surface area contributed by atoms with Gasteiger partial charge in [0, 0.05) is 5.02 Å². The van der Waals surface area contributed by atoms with E-state index in [0.29, 0.717) is 24.3 Å². The van der Waals surface area contributed by atoms with Crippen molar-refractivity contribution in [2.24, 2.45) is 0 Å². The maximum atomic E-state index is 12.7. The highest BCUT2D eigenvalue weighted by Crippen LogP contribution is 2.44. The average Bonchev–Trinajstić information content (AvgIpc) is 2.26. The lowest BCUT2D eigenvalue weighted by atomic mass is 9.84. The number of carbonyl (C=O) groups is 1. The van der Waals surface area contributed by atoms with Crippen molar-refractivity contribution in [3.8, 4) is 0 Å². The third-order valence-electron chi connectivity index (χ3n) is 3.51. The Labute approximate surface area is 124 Å². The first kappa shape index (κ1) is 15.3. The molecule has 0 heterocycles. The van der Waals surface area contributed by atoms with E-state index in [1.54, 1.807) is 13.8 Å². The maximum Gasteiger partial charge on any atom is 0.328 e. The molecule has 2 rings (SSSR count). The first-order valence-electron chi connectivity index (χ1n) is 6.51. The van der Waals surface area contributed by atoms with Gasteiger partial charge in [-0.2, -0.15) is 0 Å². The summed E-state index contributed by atoms with van der Waals surface area (Å²) in [5.41, 5.74) is 0. The molecule has 0 atom stereocenters. The summed E-state index contributed by atoms with van der Waals surface area (Å²) in [5, 5.41) is 0.455. The molecule has 110 valence electrons. The highest BCUT2D eigenvalue weighted by Gasteiger charge is 2.57. The third-order valence-corrected chi connectivity index (χ3v) is 6.26. The molecule has 4 nitrogen and oxygen atoms in total. The summed E-state index contributed by atoms with van der Waals surface area (Å²) in [6.07, 6.45) is 0.993. The Bertz CT molecular complexity index is 601. The molecular weight excluding hydrogens is 300 g/mol. The second kappa shape index (κ2) is 5.37. The molecular formula is C14H17ClO4S. The van der Waals surface area contributed by atoms with Crippen LogP contribution in [0.25, 0.3) is 0 Å². The molecule has 1 aromatic carbocycles. The van der Waals surface area contributed by atoms with Gasteiger partial charge >= 0.3 is 5.97 Å². The number of carbonyl (C=O) groups excluding carboxylic acids is 1. The molecule has 0 unspecified atom stereocenters. The fraction of sp³-hybridized carbons (Fsp3) is 0.500. The number of halogens is 1. The van der Waals surface area contributed by atoms with Crippen molar-refractivity contribution in [1.82, 2.24) is 0 Å². The van der Waals surface area contributed by atoms with Gasteiger partial charge in [0.2, 0.25) is 0 Å². The summed E-state index contributed by atoms with van der Waals surface area (Å²) in [5.74, 6) is -0.645. The lowest BCUT2D eigenvalue weighted by Crippen LogP contribution is -2.53. The Morgan fingerprint density at radius 2 is 1.80 bits per heavy atom. The lowest BCUT2D eigenvalue weighted by Gasteiger charge is -2.38. The van der Waals surface area contributed by atoms with Crippen LogP contribution in [0.15, 0.2) is 29.2 Å². The molecule has 1 fully saturated rings. The van der Waals surface area contributed by atoms with Crippen molar-refractivity contribution < 1.29 is 17.9 Å². The van der Waals surface area contributed by atoms with Crippen molar-refractivity contribution >= 4 is 27.4 Å². The summed E-state index contributed by atoms with van der Waals surface area (Å²) < 4.78 is 29.2. The molecule has 0 N–H and O–H groups in total. The Kier molecular flexibility index (Phi) is 4.12. The molecule has 6 heteroatoms. The van der Waals surface area contributed by atoms with Crippen LogP contribution in [0.5, 0.6) is 0 Å². The second-order valence-corrected chi connectivity index (χ2v) is 7.96. The quantitative estimate of drug-likeness (QED) is 0.801. The molecule has 0 spiro atoms. The van der Waals surface area contributed by atoms with Crippen LogP contribution in [-0.2, 0) is 19.4 Å². The summed E-state index contributed by atoms with van der Waals surface area (Å²) >= 11 is 5.77. The smallest absolute Gasteiger partial charge is 0.328 e. The molecule has 0 aliphatic heterocycles. The Morgan fingerprint density at radius 1 is 1.25 bits per heavy atom. The van der Waals surface area contributed by atoms with Gasteiger partial charge in [0.1, 0.15) is 0 Å². The van der Waals surface area contributed by atoms with E-state index >= 15 is 0 Å². The van der Waals surface area contributed by atoms with Crippen LogP contribution in [0.4, 0.5) is 0 Å². The van der Waals surface area contributed by atoms with Crippen LogP contribution in [0.3, 0.4) is 0 Å². The predicted octanol–water partition coefficient (Wildman–Crippen LogP) is 2.99. The van der Waals surface area contributed by atoms with Gasteiger partial charge in [0.25, 0.3) is 0 Å². The SMILES string of the molecule is CC(C)OC(=O)C1(S(=O)(=O)c2ccc(Cl)cc2)CCC1. The van der Waals surface area contributed by atoms with Crippen molar-refractivity contribution in [2.45, 2.75) is 48.9 Å². The first-order valence-corrected chi connectivity index (χ1v) is 8.37. The van der Waals surface area contributed by atoms with Crippen LogP contribution in [0.1, 0.15) is 33.1 Å². The molecule has 1 aromatic rings.